The van der Waals surface area contributed by atoms with Crippen LogP contribution >= 0.6 is 0 Å². The van der Waals surface area contributed by atoms with E-state index in [4.69, 9.17) is 0 Å². The average Bonchev–Trinajstić information content (AvgIpc) is 3.66. The molecule has 2 aromatic rings. The zero-order valence-electron chi connectivity index (χ0n) is 21.9. The van der Waals surface area contributed by atoms with E-state index >= 15 is 0 Å². The van der Waals surface area contributed by atoms with Gasteiger partial charge in [-0.15, -0.1) is 24.3 Å². The SMILES string of the molecule is CCCCC[CH-]c1ccccc1.CCCCC[CH-]c1ccccc1.[CH]1[CH][CH][CH][CH]1.[CH]1[CH][CH][CH][CH]1.[Ti+4]. The molecule has 2 fully saturated rings. The summed E-state index contributed by atoms with van der Waals surface area (Å²) >= 11 is 0. The number of hydrogen-bond donors (Lipinski definition) is 0. The van der Waals surface area contributed by atoms with E-state index in [0.717, 1.165) is 0 Å². The zero-order valence-corrected chi connectivity index (χ0v) is 23.4. The van der Waals surface area contributed by atoms with E-state index in [2.05, 4.69) is 87.4 Å². The van der Waals surface area contributed by atoms with Crippen molar-refractivity contribution in [3.8, 4) is 0 Å². The van der Waals surface area contributed by atoms with Crippen LogP contribution in [0.3, 0.4) is 0 Å². The third kappa shape index (κ3) is 23.1. The first-order valence-corrected chi connectivity index (χ1v) is 13.0. The van der Waals surface area contributed by atoms with Crippen molar-refractivity contribution in [1.29, 1.82) is 0 Å². The van der Waals surface area contributed by atoms with Crippen LogP contribution < -0.4 is 0 Å². The van der Waals surface area contributed by atoms with Gasteiger partial charge in [0.2, 0.25) is 0 Å². The largest absolute Gasteiger partial charge is 4.00 e. The Kier molecular flexibility index (Phi) is 26.6. The van der Waals surface area contributed by atoms with E-state index in [1.807, 2.05) is 64.2 Å². The van der Waals surface area contributed by atoms with E-state index in [0.29, 0.717) is 0 Å². The van der Waals surface area contributed by atoms with Gasteiger partial charge < -0.3 is 0 Å². The van der Waals surface area contributed by atoms with Crippen molar-refractivity contribution >= 4 is 0 Å². The summed E-state index contributed by atoms with van der Waals surface area (Å²) in [6.45, 7) is 4.48. The standard InChI is InChI=1S/2C12H17.2C5H5.Ti/c2*1-2-3-4-6-9-12-10-7-5-8-11-12;2*1-2-4-5-3-1;/h2*5,7-11H,2-4,6H2,1H3;2*1-5H;/q2*-1;;;+4. The van der Waals surface area contributed by atoms with Gasteiger partial charge in [0.05, 0.1) is 0 Å². The predicted molar refractivity (Wildman–Crippen MR) is 151 cm³/mol. The molecule has 1 heteroatoms. The number of rotatable bonds is 10. The Hall–Kier alpha value is -1.11. The monoisotopic (exact) mass is 500 g/mol. The molecule has 2 aliphatic carbocycles. The van der Waals surface area contributed by atoms with Crippen LogP contribution in [0.1, 0.15) is 76.3 Å². The minimum atomic E-state index is 0. The second-order valence-electron chi connectivity index (χ2n) is 8.15. The third-order valence-corrected chi connectivity index (χ3v) is 5.09. The Bertz CT molecular complexity index is 541. The summed E-state index contributed by atoms with van der Waals surface area (Å²) < 4.78 is 0. The number of unbranched alkanes of at least 4 members (excludes halogenated alkanes) is 6. The topological polar surface area (TPSA) is 0 Å². The molecule has 0 nitrogen and oxygen atoms in total. The first kappa shape index (κ1) is 33.9. The van der Waals surface area contributed by atoms with Crippen LogP contribution in [0.4, 0.5) is 0 Å². The molecule has 0 aromatic heterocycles. The van der Waals surface area contributed by atoms with Crippen LogP contribution in [0.25, 0.3) is 0 Å². The maximum Gasteiger partial charge on any atom is 4.00 e. The van der Waals surface area contributed by atoms with E-state index in [9.17, 15) is 0 Å². The van der Waals surface area contributed by atoms with E-state index < -0.39 is 0 Å². The average molecular weight is 501 g/mol. The summed E-state index contributed by atoms with van der Waals surface area (Å²) in [7, 11) is 0. The fraction of sp³-hybridized carbons (Fsp3) is 0.294. The molecule has 4 rings (SSSR count). The van der Waals surface area contributed by atoms with Crippen molar-refractivity contribution in [2.75, 3.05) is 0 Å². The number of benzene rings is 2. The van der Waals surface area contributed by atoms with Crippen LogP contribution in [-0.2, 0) is 21.7 Å². The molecule has 2 aliphatic rings. The molecule has 0 N–H and O–H groups in total. The van der Waals surface area contributed by atoms with Gasteiger partial charge in [0, 0.05) is 0 Å². The summed E-state index contributed by atoms with van der Waals surface area (Å²) in [6, 6.07) is 21.1. The minimum absolute atomic E-state index is 0. The summed E-state index contributed by atoms with van der Waals surface area (Å²) in [6.07, 6.45) is 35.0. The second-order valence-corrected chi connectivity index (χ2v) is 8.15. The maximum atomic E-state index is 2.32. The summed E-state index contributed by atoms with van der Waals surface area (Å²) in [5.74, 6) is 0. The Morgan fingerprint density at radius 3 is 0.971 bits per heavy atom. The van der Waals surface area contributed by atoms with Crippen molar-refractivity contribution in [1.82, 2.24) is 0 Å². The van der Waals surface area contributed by atoms with Crippen LogP contribution in [0, 0.1) is 77.0 Å². The normalized spacial score (nSPS) is 13.5. The summed E-state index contributed by atoms with van der Waals surface area (Å²) in [5, 5.41) is 0. The molecule has 0 unspecified atom stereocenters. The second kappa shape index (κ2) is 27.5. The van der Waals surface area contributed by atoms with Gasteiger partial charge in [-0.25, -0.2) is 0 Å². The van der Waals surface area contributed by atoms with Crippen LogP contribution in [0.15, 0.2) is 60.7 Å². The van der Waals surface area contributed by atoms with E-state index in [1.165, 1.54) is 62.5 Å². The van der Waals surface area contributed by atoms with Crippen molar-refractivity contribution in [2.24, 2.45) is 0 Å². The van der Waals surface area contributed by atoms with Gasteiger partial charge in [-0.1, -0.05) is 77.3 Å². The van der Waals surface area contributed by atoms with Crippen molar-refractivity contribution in [2.45, 2.75) is 65.2 Å². The molecule has 0 bridgehead atoms. The minimum Gasteiger partial charge on any atom is -0.192 e. The molecule has 0 spiro atoms. The molecule has 0 heterocycles. The van der Waals surface area contributed by atoms with Crippen LogP contribution in [0.5, 0.6) is 0 Å². The molecule has 35 heavy (non-hydrogen) atoms. The summed E-state index contributed by atoms with van der Waals surface area (Å²) in [4.78, 5) is 0. The molecule has 0 amide bonds. The van der Waals surface area contributed by atoms with E-state index in [1.54, 1.807) is 0 Å². The van der Waals surface area contributed by atoms with Crippen LogP contribution in [-0.4, -0.2) is 0 Å². The van der Waals surface area contributed by atoms with Gasteiger partial charge in [0.15, 0.2) is 0 Å². The Labute approximate surface area is 235 Å². The molecule has 0 aliphatic heterocycles. The first-order valence-electron chi connectivity index (χ1n) is 13.0. The van der Waals surface area contributed by atoms with E-state index in [-0.39, 0.29) is 21.7 Å². The van der Waals surface area contributed by atoms with Crippen LogP contribution in [0.2, 0.25) is 0 Å². The van der Waals surface area contributed by atoms with Crippen molar-refractivity contribution in [3.05, 3.63) is 149 Å². The van der Waals surface area contributed by atoms with Gasteiger partial charge in [0.25, 0.3) is 0 Å². The number of hydrogen-bond acceptors (Lipinski definition) is 0. The van der Waals surface area contributed by atoms with Gasteiger partial charge in [-0.3, -0.25) is 0 Å². The summed E-state index contributed by atoms with van der Waals surface area (Å²) in [5.41, 5.74) is 2.71. The Morgan fingerprint density at radius 1 is 0.429 bits per heavy atom. The van der Waals surface area contributed by atoms with Crippen molar-refractivity contribution in [3.63, 3.8) is 0 Å². The molecular formula is C34H44Ti+2. The Morgan fingerprint density at radius 2 is 0.714 bits per heavy atom. The molecule has 10 radical (unpaired) electrons. The molecule has 182 valence electrons. The Balaban J connectivity index is 0.000000468. The molecule has 2 saturated carbocycles. The fourth-order valence-corrected chi connectivity index (χ4v) is 3.15. The first-order chi connectivity index (χ1) is 16.9. The van der Waals surface area contributed by atoms with Gasteiger partial charge in [-0.2, -0.15) is 48.2 Å². The fourth-order valence-electron chi connectivity index (χ4n) is 3.15. The molecular weight excluding hydrogens is 456 g/mol. The van der Waals surface area contributed by atoms with Gasteiger partial charge in [-0.05, 0) is 64.2 Å². The van der Waals surface area contributed by atoms with Crippen molar-refractivity contribution < 1.29 is 21.7 Å². The quantitative estimate of drug-likeness (QED) is 0.173. The molecule has 0 atom stereocenters. The molecule has 0 saturated heterocycles. The third-order valence-electron chi connectivity index (χ3n) is 5.09. The zero-order chi connectivity index (χ0) is 24.4. The predicted octanol–water partition coefficient (Wildman–Crippen LogP) is 9.68. The van der Waals surface area contributed by atoms with Gasteiger partial charge >= 0.3 is 21.7 Å². The smallest absolute Gasteiger partial charge is 0.192 e. The molecule has 2 aromatic carbocycles. The van der Waals surface area contributed by atoms with Gasteiger partial charge in [0.1, 0.15) is 0 Å². The maximum absolute atomic E-state index is 2.32.